The number of aryl methyl sites for hydroxylation is 1. The Balaban J connectivity index is 2.34. The van der Waals surface area contributed by atoms with E-state index in [1.54, 1.807) is 6.07 Å². The van der Waals surface area contributed by atoms with Crippen molar-refractivity contribution in [2.24, 2.45) is 0 Å². The Hall–Kier alpha value is -2.40. The Labute approximate surface area is 183 Å². The third kappa shape index (κ3) is 6.30. The van der Waals surface area contributed by atoms with Crippen molar-refractivity contribution in [3.05, 3.63) is 70.0 Å². The quantitative estimate of drug-likeness (QED) is 0.602. The number of amides is 2. The van der Waals surface area contributed by atoms with Crippen molar-refractivity contribution in [2.75, 3.05) is 0 Å². The molecule has 0 saturated carbocycles. The topological polar surface area (TPSA) is 49.4 Å². The lowest BCUT2D eigenvalue weighted by Crippen LogP contribution is -2.51. The van der Waals surface area contributed by atoms with Crippen LogP contribution < -0.4 is 5.32 Å². The van der Waals surface area contributed by atoms with Gasteiger partial charge in [-0.05, 0) is 44.4 Å². The number of benzene rings is 2. The van der Waals surface area contributed by atoms with E-state index in [1.807, 2.05) is 52.0 Å². The van der Waals surface area contributed by atoms with Crippen molar-refractivity contribution in [3.63, 3.8) is 0 Å². The molecule has 2 amide bonds. The molecule has 2 unspecified atom stereocenters. The van der Waals surface area contributed by atoms with E-state index in [0.717, 1.165) is 17.5 Å². The predicted octanol–water partition coefficient (Wildman–Crippen LogP) is 5.05. The number of halogens is 2. The maximum absolute atomic E-state index is 14.3. The Kier molecular flexibility index (Phi) is 8.85. The highest BCUT2D eigenvalue weighted by Crippen LogP contribution is 2.22. The monoisotopic (exact) mass is 432 g/mol. The van der Waals surface area contributed by atoms with Crippen LogP contribution in [0.3, 0.4) is 0 Å². The van der Waals surface area contributed by atoms with Gasteiger partial charge < -0.3 is 10.2 Å². The van der Waals surface area contributed by atoms with E-state index in [-0.39, 0.29) is 41.4 Å². The van der Waals surface area contributed by atoms with Gasteiger partial charge in [-0.2, -0.15) is 0 Å². The summed E-state index contributed by atoms with van der Waals surface area (Å²) in [4.78, 5) is 27.7. The molecule has 0 aliphatic rings. The second kappa shape index (κ2) is 11.1. The van der Waals surface area contributed by atoms with E-state index in [4.69, 9.17) is 11.6 Å². The lowest BCUT2D eigenvalue weighted by molar-refractivity contribution is -0.141. The van der Waals surface area contributed by atoms with E-state index >= 15 is 0 Å². The van der Waals surface area contributed by atoms with Crippen LogP contribution >= 0.6 is 11.6 Å². The molecule has 2 atom stereocenters. The molecule has 2 aromatic carbocycles. The summed E-state index contributed by atoms with van der Waals surface area (Å²) in [5, 5.41) is 3.17. The van der Waals surface area contributed by atoms with Crippen molar-refractivity contribution >= 4 is 23.4 Å². The second-order valence-corrected chi connectivity index (χ2v) is 8.03. The maximum Gasteiger partial charge on any atom is 0.243 e. The van der Waals surface area contributed by atoms with E-state index in [9.17, 15) is 14.0 Å². The summed E-state index contributed by atoms with van der Waals surface area (Å²) in [6.45, 7) is 8.03. The van der Waals surface area contributed by atoms with Crippen LogP contribution in [-0.4, -0.2) is 28.8 Å². The molecule has 1 N–H and O–H groups in total. The molecule has 2 rings (SSSR count). The van der Waals surface area contributed by atoms with Gasteiger partial charge in [-0.25, -0.2) is 4.39 Å². The zero-order valence-corrected chi connectivity index (χ0v) is 18.8. The summed E-state index contributed by atoms with van der Waals surface area (Å²) >= 11 is 6.13. The number of rotatable bonds is 9. The van der Waals surface area contributed by atoms with Crippen LogP contribution in [0.4, 0.5) is 4.39 Å². The minimum Gasteiger partial charge on any atom is -0.352 e. The summed E-state index contributed by atoms with van der Waals surface area (Å²) < 4.78 is 14.3. The lowest BCUT2D eigenvalue weighted by Gasteiger charge is -2.31. The van der Waals surface area contributed by atoms with Crippen LogP contribution in [0.25, 0.3) is 0 Å². The molecular formula is C24H30ClFN2O2. The van der Waals surface area contributed by atoms with Crippen molar-refractivity contribution in [2.45, 2.75) is 65.6 Å². The molecule has 4 nitrogen and oxygen atoms in total. The smallest absolute Gasteiger partial charge is 0.243 e. The summed E-state index contributed by atoms with van der Waals surface area (Å²) in [7, 11) is 0. The first-order valence-corrected chi connectivity index (χ1v) is 10.7. The molecule has 162 valence electrons. The molecule has 6 heteroatoms. The van der Waals surface area contributed by atoms with Gasteiger partial charge in [0.15, 0.2) is 0 Å². The average Bonchev–Trinajstić information content (AvgIpc) is 2.71. The lowest BCUT2D eigenvalue weighted by atomic mass is 10.1. The molecule has 0 saturated heterocycles. The Morgan fingerprint density at radius 2 is 1.77 bits per heavy atom. The Bertz CT molecular complexity index is 850. The fourth-order valence-corrected chi connectivity index (χ4v) is 3.43. The van der Waals surface area contributed by atoms with E-state index in [0.29, 0.717) is 6.42 Å². The molecule has 0 aliphatic heterocycles. The number of nitrogens with one attached hydrogen (secondary N) is 1. The van der Waals surface area contributed by atoms with Crippen LogP contribution in [0.5, 0.6) is 0 Å². The molecular weight excluding hydrogens is 403 g/mol. The molecule has 0 bridgehead atoms. The second-order valence-electron chi connectivity index (χ2n) is 7.63. The number of carbonyl (C=O) groups excluding carboxylic acids is 2. The highest BCUT2D eigenvalue weighted by atomic mass is 35.5. The molecule has 0 radical (unpaired) electrons. The fraction of sp³-hybridized carbons (Fsp3) is 0.417. The van der Waals surface area contributed by atoms with Gasteiger partial charge in [-0.3, -0.25) is 9.59 Å². The summed E-state index contributed by atoms with van der Waals surface area (Å²) in [6, 6.07) is 11.5. The predicted molar refractivity (Wildman–Crippen MR) is 119 cm³/mol. The normalized spacial score (nSPS) is 12.9. The summed E-state index contributed by atoms with van der Waals surface area (Å²) in [6.07, 6.45) is 1.04. The van der Waals surface area contributed by atoms with Gasteiger partial charge >= 0.3 is 0 Å². The van der Waals surface area contributed by atoms with E-state index in [1.165, 1.54) is 17.0 Å². The minimum atomic E-state index is -0.654. The maximum atomic E-state index is 14.3. The molecule has 0 aliphatic carbocycles. The van der Waals surface area contributed by atoms with Crippen LogP contribution in [0.2, 0.25) is 5.02 Å². The van der Waals surface area contributed by atoms with Gasteiger partial charge in [0.05, 0.1) is 6.42 Å². The Morgan fingerprint density at radius 3 is 2.33 bits per heavy atom. The third-order valence-electron chi connectivity index (χ3n) is 5.25. The van der Waals surface area contributed by atoms with Crippen molar-refractivity contribution in [1.82, 2.24) is 10.2 Å². The molecule has 0 spiro atoms. The number of nitrogens with zero attached hydrogens (tertiary/aromatic N) is 1. The SMILES string of the molecule is CCC(C)NC(=O)C(CC)N(Cc1ccc(C)cc1)C(=O)Cc1c(F)cccc1Cl. The van der Waals surface area contributed by atoms with Crippen LogP contribution in [-0.2, 0) is 22.6 Å². The molecule has 0 fully saturated rings. The summed E-state index contributed by atoms with van der Waals surface area (Å²) in [5.41, 5.74) is 2.16. The number of hydrogen-bond acceptors (Lipinski definition) is 2. The molecule has 30 heavy (non-hydrogen) atoms. The minimum absolute atomic E-state index is 0.00360. The Morgan fingerprint density at radius 1 is 1.10 bits per heavy atom. The highest BCUT2D eigenvalue weighted by molar-refractivity contribution is 6.31. The van der Waals surface area contributed by atoms with E-state index in [2.05, 4.69) is 5.32 Å². The van der Waals surface area contributed by atoms with Crippen LogP contribution in [0.15, 0.2) is 42.5 Å². The van der Waals surface area contributed by atoms with Gasteiger partial charge in [0.25, 0.3) is 0 Å². The van der Waals surface area contributed by atoms with Gasteiger partial charge in [0.2, 0.25) is 11.8 Å². The van der Waals surface area contributed by atoms with E-state index < -0.39 is 11.9 Å². The number of carbonyl (C=O) groups is 2. The van der Waals surface area contributed by atoms with Crippen molar-refractivity contribution in [3.8, 4) is 0 Å². The standard InChI is InChI=1S/C24H30ClFN2O2/c1-5-17(4)27-24(30)22(6-2)28(15-18-12-10-16(3)11-13-18)23(29)14-19-20(25)8-7-9-21(19)26/h7-13,17,22H,5-6,14-15H2,1-4H3,(H,27,30). The van der Waals surface area contributed by atoms with Crippen molar-refractivity contribution < 1.29 is 14.0 Å². The zero-order valence-electron chi connectivity index (χ0n) is 18.0. The average molecular weight is 433 g/mol. The fourth-order valence-electron chi connectivity index (χ4n) is 3.20. The molecule has 0 heterocycles. The third-order valence-corrected chi connectivity index (χ3v) is 5.60. The van der Waals surface area contributed by atoms with Gasteiger partial charge in [-0.1, -0.05) is 61.3 Å². The van der Waals surface area contributed by atoms with Crippen LogP contribution in [0, 0.1) is 12.7 Å². The van der Waals surface area contributed by atoms with Crippen LogP contribution in [0.1, 0.15) is 50.3 Å². The number of hydrogen-bond donors (Lipinski definition) is 1. The largest absolute Gasteiger partial charge is 0.352 e. The molecule has 2 aromatic rings. The van der Waals surface area contributed by atoms with Crippen molar-refractivity contribution in [1.29, 1.82) is 0 Å². The first-order chi connectivity index (χ1) is 14.3. The summed E-state index contributed by atoms with van der Waals surface area (Å²) in [5.74, 6) is -1.07. The first kappa shape index (κ1) is 23.9. The van der Waals surface area contributed by atoms with Gasteiger partial charge in [0, 0.05) is 23.2 Å². The van der Waals surface area contributed by atoms with Gasteiger partial charge in [-0.15, -0.1) is 0 Å². The first-order valence-electron chi connectivity index (χ1n) is 10.3. The molecule has 0 aromatic heterocycles. The van der Waals surface area contributed by atoms with Gasteiger partial charge in [0.1, 0.15) is 11.9 Å². The highest BCUT2D eigenvalue weighted by Gasteiger charge is 2.30. The zero-order chi connectivity index (χ0) is 22.3.